The quantitative estimate of drug-likeness (QED) is 0.502. The van der Waals surface area contributed by atoms with Crippen molar-refractivity contribution < 1.29 is 14.3 Å². The summed E-state index contributed by atoms with van der Waals surface area (Å²) < 4.78 is 5.63. The monoisotopic (exact) mass is 354 g/mol. The zero-order valence-corrected chi connectivity index (χ0v) is 15.5. The molecule has 138 valence electrons. The van der Waals surface area contributed by atoms with Gasteiger partial charge in [0.25, 0.3) is 0 Å². The zero-order valence-electron chi connectivity index (χ0n) is 15.5. The SMILES string of the molecule is CCCCCOc1ccc(C(=O)CCC(=O)Nc2cc(C)ccn2)cc1. The van der Waals surface area contributed by atoms with Crippen molar-refractivity contribution >= 4 is 17.5 Å². The molecule has 5 heteroatoms. The third-order valence-corrected chi connectivity index (χ3v) is 3.95. The van der Waals surface area contributed by atoms with Gasteiger partial charge in [0, 0.05) is 24.6 Å². The molecule has 26 heavy (non-hydrogen) atoms. The molecule has 1 heterocycles. The maximum Gasteiger partial charge on any atom is 0.225 e. The van der Waals surface area contributed by atoms with E-state index in [1.54, 1.807) is 36.5 Å². The maximum absolute atomic E-state index is 12.2. The maximum atomic E-state index is 12.2. The third-order valence-electron chi connectivity index (χ3n) is 3.95. The van der Waals surface area contributed by atoms with E-state index in [1.165, 1.54) is 0 Å². The molecule has 1 N–H and O–H groups in total. The average molecular weight is 354 g/mol. The van der Waals surface area contributed by atoms with Gasteiger partial charge in [-0.1, -0.05) is 19.8 Å². The molecule has 2 aromatic rings. The predicted octanol–water partition coefficient (Wildman–Crippen LogP) is 4.56. The molecular formula is C21H26N2O3. The molecule has 0 aliphatic rings. The standard InChI is InChI=1S/C21H26N2O3/c1-3-4-5-14-26-18-8-6-17(7-9-18)19(24)10-11-21(25)23-20-15-16(2)12-13-22-20/h6-9,12-13,15H,3-5,10-11,14H2,1-2H3,(H,22,23,25). The number of hydrogen-bond donors (Lipinski definition) is 1. The summed E-state index contributed by atoms with van der Waals surface area (Å²) in [6.45, 7) is 4.77. The Morgan fingerprint density at radius 3 is 2.54 bits per heavy atom. The number of rotatable bonds is 10. The highest BCUT2D eigenvalue weighted by molar-refractivity contribution is 5.99. The number of aromatic nitrogens is 1. The normalized spacial score (nSPS) is 10.4. The first kappa shape index (κ1) is 19.6. The Hall–Kier alpha value is -2.69. The number of Topliss-reactive ketones (excluding diaryl/α,β-unsaturated/α-hetero) is 1. The van der Waals surface area contributed by atoms with Crippen LogP contribution in [0.5, 0.6) is 5.75 Å². The Labute approximate surface area is 154 Å². The topological polar surface area (TPSA) is 68.3 Å². The minimum Gasteiger partial charge on any atom is -0.494 e. The fraction of sp³-hybridized carbons (Fsp3) is 0.381. The highest BCUT2D eigenvalue weighted by Gasteiger charge is 2.10. The van der Waals surface area contributed by atoms with Gasteiger partial charge in [0.2, 0.25) is 5.91 Å². The molecule has 0 fully saturated rings. The van der Waals surface area contributed by atoms with Crippen molar-refractivity contribution in [3.63, 3.8) is 0 Å². The summed E-state index contributed by atoms with van der Waals surface area (Å²) in [7, 11) is 0. The number of amides is 1. The molecule has 0 radical (unpaired) electrons. The Morgan fingerprint density at radius 2 is 1.85 bits per heavy atom. The van der Waals surface area contributed by atoms with Crippen LogP contribution in [0.25, 0.3) is 0 Å². The van der Waals surface area contributed by atoms with Gasteiger partial charge in [-0.05, 0) is 55.3 Å². The number of unbranched alkanes of at least 4 members (excludes halogenated alkanes) is 2. The number of nitrogens with zero attached hydrogens (tertiary/aromatic N) is 1. The number of carbonyl (C=O) groups excluding carboxylic acids is 2. The first-order valence-corrected chi connectivity index (χ1v) is 9.07. The van der Waals surface area contributed by atoms with E-state index in [1.807, 2.05) is 13.0 Å². The Kier molecular flexibility index (Phi) is 7.80. The summed E-state index contributed by atoms with van der Waals surface area (Å²) in [6.07, 6.45) is 5.27. The molecule has 0 aliphatic heterocycles. The van der Waals surface area contributed by atoms with Gasteiger partial charge in [-0.3, -0.25) is 9.59 Å². The smallest absolute Gasteiger partial charge is 0.225 e. The van der Waals surface area contributed by atoms with Gasteiger partial charge < -0.3 is 10.1 Å². The fourth-order valence-electron chi connectivity index (χ4n) is 2.46. The summed E-state index contributed by atoms with van der Waals surface area (Å²) in [6, 6.07) is 10.7. The van der Waals surface area contributed by atoms with E-state index in [-0.39, 0.29) is 24.5 Å². The fourth-order valence-corrected chi connectivity index (χ4v) is 2.46. The lowest BCUT2D eigenvalue weighted by Crippen LogP contribution is -2.14. The molecule has 1 aromatic carbocycles. The molecule has 0 saturated carbocycles. The first-order valence-electron chi connectivity index (χ1n) is 9.07. The lowest BCUT2D eigenvalue weighted by Gasteiger charge is -2.07. The minimum absolute atomic E-state index is 0.0603. The summed E-state index contributed by atoms with van der Waals surface area (Å²) in [5.74, 6) is 0.996. The van der Waals surface area contributed by atoms with E-state index in [2.05, 4.69) is 17.2 Å². The van der Waals surface area contributed by atoms with Gasteiger partial charge in [-0.2, -0.15) is 0 Å². The molecule has 0 atom stereocenters. The Bertz CT molecular complexity index is 726. The van der Waals surface area contributed by atoms with Crippen molar-refractivity contribution in [2.24, 2.45) is 0 Å². The van der Waals surface area contributed by atoms with Gasteiger partial charge >= 0.3 is 0 Å². The van der Waals surface area contributed by atoms with Gasteiger partial charge in [-0.15, -0.1) is 0 Å². The number of benzene rings is 1. The van der Waals surface area contributed by atoms with E-state index in [4.69, 9.17) is 4.74 Å². The number of aryl methyl sites for hydroxylation is 1. The van der Waals surface area contributed by atoms with Crippen molar-refractivity contribution in [1.82, 2.24) is 4.98 Å². The second kappa shape index (κ2) is 10.3. The van der Waals surface area contributed by atoms with Crippen LogP contribution >= 0.6 is 0 Å². The van der Waals surface area contributed by atoms with Gasteiger partial charge in [0.15, 0.2) is 5.78 Å². The molecule has 0 spiro atoms. The van der Waals surface area contributed by atoms with Crippen LogP contribution < -0.4 is 10.1 Å². The van der Waals surface area contributed by atoms with Crippen molar-refractivity contribution in [1.29, 1.82) is 0 Å². The van der Waals surface area contributed by atoms with Crippen LogP contribution in [-0.2, 0) is 4.79 Å². The molecular weight excluding hydrogens is 328 g/mol. The van der Waals surface area contributed by atoms with Crippen LogP contribution in [0.4, 0.5) is 5.82 Å². The summed E-state index contributed by atoms with van der Waals surface area (Å²) in [4.78, 5) is 28.3. The average Bonchev–Trinajstić information content (AvgIpc) is 2.64. The number of ether oxygens (including phenoxy) is 1. The van der Waals surface area contributed by atoms with E-state index in [0.29, 0.717) is 18.0 Å². The highest BCUT2D eigenvalue weighted by atomic mass is 16.5. The zero-order chi connectivity index (χ0) is 18.8. The number of carbonyl (C=O) groups is 2. The predicted molar refractivity (Wildman–Crippen MR) is 103 cm³/mol. The van der Waals surface area contributed by atoms with Gasteiger partial charge in [0.05, 0.1) is 6.61 Å². The number of nitrogens with one attached hydrogen (secondary N) is 1. The minimum atomic E-state index is -0.215. The molecule has 0 saturated heterocycles. The number of pyridine rings is 1. The van der Waals surface area contributed by atoms with Crippen molar-refractivity contribution in [3.8, 4) is 5.75 Å². The van der Waals surface area contributed by atoms with Crippen LogP contribution in [0.3, 0.4) is 0 Å². The number of ketones is 1. The second-order valence-corrected chi connectivity index (χ2v) is 6.27. The van der Waals surface area contributed by atoms with Crippen molar-refractivity contribution in [2.45, 2.75) is 46.0 Å². The molecule has 1 amide bonds. The van der Waals surface area contributed by atoms with E-state index in [0.717, 1.165) is 30.6 Å². The van der Waals surface area contributed by atoms with E-state index < -0.39 is 0 Å². The molecule has 5 nitrogen and oxygen atoms in total. The van der Waals surface area contributed by atoms with Crippen molar-refractivity contribution in [3.05, 3.63) is 53.7 Å². The van der Waals surface area contributed by atoms with Crippen LogP contribution in [0.1, 0.15) is 54.9 Å². The second-order valence-electron chi connectivity index (χ2n) is 6.27. The van der Waals surface area contributed by atoms with Crippen LogP contribution in [0, 0.1) is 6.92 Å². The molecule has 0 bridgehead atoms. The van der Waals surface area contributed by atoms with Crippen LogP contribution in [0.15, 0.2) is 42.6 Å². The summed E-state index contributed by atoms with van der Waals surface area (Å²) in [5.41, 5.74) is 1.61. The first-order chi connectivity index (χ1) is 12.6. The Balaban J connectivity index is 1.77. The lowest BCUT2D eigenvalue weighted by atomic mass is 10.1. The Morgan fingerprint density at radius 1 is 1.08 bits per heavy atom. The van der Waals surface area contributed by atoms with Crippen LogP contribution in [0.2, 0.25) is 0 Å². The summed E-state index contributed by atoms with van der Waals surface area (Å²) >= 11 is 0. The van der Waals surface area contributed by atoms with Gasteiger partial charge in [-0.25, -0.2) is 4.98 Å². The van der Waals surface area contributed by atoms with Crippen molar-refractivity contribution in [2.75, 3.05) is 11.9 Å². The highest BCUT2D eigenvalue weighted by Crippen LogP contribution is 2.15. The summed E-state index contributed by atoms with van der Waals surface area (Å²) in [5, 5.41) is 2.71. The lowest BCUT2D eigenvalue weighted by molar-refractivity contribution is -0.116. The van der Waals surface area contributed by atoms with Gasteiger partial charge in [0.1, 0.15) is 11.6 Å². The number of hydrogen-bond acceptors (Lipinski definition) is 4. The van der Waals surface area contributed by atoms with E-state index >= 15 is 0 Å². The molecule has 0 unspecified atom stereocenters. The third kappa shape index (κ3) is 6.67. The molecule has 1 aromatic heterocycles. The van der Waals surface area contributed by atoms with E-state index in [9.17, 15) is 9.59 Å². The number of anilines is 1. The van der Waals surface area contributed by atoms with Crippen LogP contribution in [-0.4, -0.2) is 23.3 Å². The largest absolute Gasteiger partial charge is 0.494 e. The molecule has 0 aliphatic carbocycles. The molecule has 2 rings (SSSR count).